The van der Waals surface area contributed by atoms with Gasteiger partial charge in [0.15, 0.2) is 0 Å². The molecule has 1 aliphatic rings. The van der Waals surface area contributed by atoms with Gasteiger partial charge in [0.1, 0.15) is 27.0 Å². The highest BCUT2D eigenvalue weighted by molar-refractivity contribution is 7.93. The third-order valence-corrected chi connectivity index (χ3v) is 10.2. The number of ether oxygens (including phenoxy) is 2. The third-order valence-electron chi connectivity index (χ3n) is 6.87. The highest BCUT2D eigenvalue weighted by Crippen LogP contribution is 2.40. The van der Waals surface area contributed by atoms with Crippen LogP contribution in [0.2, 0.25) is 0 Å². The Morgan fingerprint density at radius 1 is 0.930 bits per heavy atom. The molecule has 1 aromatic carbocycles. The third kappa shape index (κ3) is 6.64. The molecule has 11 nitrogen and oxygen atoms in total. The van der Waals surface area contributed by atoms with Crippen molar-refractivity contribution in [1.29, 1.82) is 0 Å². The highest BCUT2D eigenvalue weighted by Gasteiger charge is 2.31. The lowest BCUT2D eigenvalue weighted by Gasteiger charge is -2.25. The minimum absolute atomic E-state index is 0.103. The average molecular weight is 631 g/mol. The number of carbonyl (C=O) groups is 2. The molecule has 4 heterocycles. The van der Waals surface area contributed by atoms with Gasteiger partial charge in [-0.05, 0) is 97.3 Å². The van der Waals surface area contributed by atoms with E-state index < -0.39 is 33.2 Å². The molecule has 0 amide bonds. The second kappa shape index (κ2) is 11.3. The van der Waals surface area contributed by atoms with Crippen molar-refractivity contribution in [2.75, 3.05) is 19.0 Å². The lowest BCUT2D eigenvalue weighted by atomic mass is 10.1. The first-order chi connectivity index (χ1) is 20.1. The van der Waals surface area contributed by atoms with Crippen molar-refractivity contribution >= 4 is 54.5 Å². The van der Waals surface area contributed by atoms with E-state index in [-0.39, 0.29) is 27.9 Å². The molecule has 4 aromatic rings. The van der Waals surface area contributed by atoms with Gasteiger partial charge in [0.2, 0.25) is 9.84 Å². The molecule has 232 valence electrons. The van der Waals surface area contributed by atoms with Gasteiger partial charge in [0.05, 0.1) is 28.0 Å². The molecule has 0 spiro atoms. The molecular weight excluding hydrogens is 592 g/mol. The van der Waals surface area contributed by atoms with E-state index in [4.69, 9.17) is 9.47 Å². The number of benzene rings is 1. The van der Waals surface area contributed by atoms with Gasteiger partial charge in [0, 0.05) is 5.39 Å². The molecule has 0 bridgehead atoms. The maximum atomic E-state index is 13.6. The monoisotopic (exact) mass is 630 g/mol. The summed E-state index contributed by atoms with van der Waals surface area (Å²) in [6, 6.07) is 8.35. The van der Waals surface area contributed by atoms with E-state index in [0.717, 1.165) is 35.3 Å². The Morgan fingerprint density at radius 2 is 1.58 bits per heavy atom. The van der Waals surface area contributed by atoms with Crippen molar-refractivity contribution in [1.82, 2.24) is 19.2 Å². The van der Waals surface area contributed by atoms with Crippen LogP contribution in [0.1, 0.15) is 66.4 Å². The first kappa shape index (κ1) is 31.2. The molecule has 3 aromatic heterocycles. The lowest BCUT2D eigenvalue weighted by molar-refractivity contribution is 0.0520. The minimum atomic E-state index is -3.73. The maximum Gasteiger partial charge on any atom is 0.435 e. The van der Waals surface area contributed by atoms with Gasteiger partial charge < -0.3 is 14.6 Å². The number of aliphatic hydroxyl groups excluding tert-OH is 1. The molecule has 1 aliphatic heterocycles. The van der Waals surface area contributed by atoms with Crippen LogP contribution in [0.15, 0.2) is 34.5 Å². The number of piperidine rings is 1. The number of sulfone groups is 1. The van der Waals surface area contributed by atoms with E-state index in [1.165, 1.54) is 10.6 Å². The molecule has 0 saturated carbocycles. The number of aliphatic hydroxyl groups is 1. The number of thiophene rings is 1. The summed E-state index contributed by atoms with van der Waals surface area (Å²) in [6.45, 7) is 11.7. The van der Waals surface area contributed by atoms with Crippen molar-refractivity contribution in [2.45, 2.75) is 82.8 Å². The standard InChI is InChI=1S/C30H38N4O7S2/c1-29(2,3)40-27(36)33-21-11-10-19(17-35)14-20(21)15-22(33)25-26-23(34(31-25)28(37)41-30(4,5)6)16-24(42-26)43(38,39)18-32-12-8-7-9-13-32/h10-11,14-16,35H,7-9,12-13,17-18H2,1-6H3. The average Bonchev–Trinajstić information content (AvgIpc) is 3.58. The van der Waals surface area contributed by atoms with Gasteiger partial charge in [-0.25, -0.2) is 22.6 Å². The van der Waals surface area contributed by atoms with Crippen LogP contribution < -0.4 is 0 Å². The van der Waals surface area contributed by atoms with Crippen LogP contribution in [0.3, 0.4) is 0 Å². The zero-order chi connectivity index (χ0) is 31.3. The predicted molar refractivity (Wildman–Crippen MR) is 165 cm³/mol. The van der Waals surface area contributed by atoms with Crippen LogP contribution in [0.5, 0.6) is 0 Å². The SMILES string of the molecule is CC(C)(C)OC(=O)n1nc(-c2cc3cc(CO)ccc3n2C(=O)OC(C)(C)C)c2sc(S(=O)(=O)CN3CCCCC3)cc21. The second-order valence-corrected chi connectivity index (χ2v) is 16.1. The van der Waals surface area contributed by atoms with Crippen LogP contribution in [0.25, 0.3) is 32.5 Å². The Kier molecular flexibility index (Phi) is 8.22. The first-order valence-electron chi connectivity index (χ1n) is 14.3. The van der Waals surface area contributed by atoms with E-state index in [2.05, 4.69) is 5.10 Å². The van der Waals surface area contributed by atoms with Gasteiger partial charge in [-0.2, -0.15) is 9.78 Å². The van der Waals surface area contributed by atoms with Gasteiger partial charge in [-0.1, -0.05) is 12.5 Å². The fourth-order valence-electron chi connectivity index (χ4n) is 5.09. The normalized spacial score (nSPS) is 15.3. The number of rotatable bonds is 5. The van der Waals surface area contributed by atoms with Gasteiger partial charge in [-0.3, -0.25) is 4.90 Å². The molecule has 1 N–H and O–H groups in total. The largest absolute Gasteiger partial charge is 0.443 e. The number of carbonyl (C=O) groups excluding carboxylic acids is 2. The van der Waals surface area contributed by atoms with Crippen LogP contribution in [-0.2, 0) is 25.9 Å². The smallest absolute Gasteiger partial charge is 0.435 e. The summed E-state index contributed by atoms with van der Waals surface area (Å²) in [4.78, 5) is 28.9. The van der Waals surface area contributed by atoms with Crippen LogP contribution in [0, 0.1) is 0 Å². The molecule has 1 saturated heterocycles. The Morgan fingerprint density at radius 3 is 2.21 bits per heavy atom. The van der Waals surface area contributed by atoms with Crippen molar-refractivity contribution in [3.8, 4) is 11.4 Å². The van der Waals surface area contributed by atoms with Crippen LogP contribution in [0.4, 0.5) is 9.59 Å². The summed E-state index contributed by atoms with van der Waals surface area (Å²) in [5.74, 6) is -0.118. The zero-order valence-electron chi connectivity index (χ0n) is 25.3. The van der Waals surface area contributed by atoms with E-state index in [9.17, 15) is 23.1 Å². The molecule has 0 radical (unpaired) electrons. The van der Waals surface area contributed by atoms with Gasteiger partial charge in [0.25, 0.3) is 0 Å². The molecular formula is C30H38N4O7S2. The number of hydrogen-bond donors (Lipinski definition) is 1. The van der Waals surface area contributed by atoms with Crippen LogP contribution in [-0.4, -0.2) is 75.1 Å². The zero-order valence-corrected chi connectivity index (χ0v) is 27.0. The molecule has 0 aliphatic carbocycles. The number of likely N-dealkylation sites (tertiary alicyclic amines) is 1. The molecule has 0 unspecified atom stereocenters. The first-order valence-corrected chi connectivity index (χ1v) is 16.7. The number of hydrogen-bond acceptors (Lipinski definition) is 10. The Balaban J connectivity index is 1.72. The summed E-state index contributed by atoms with van der Waals surface area (Å²) in [7, 11) is -3.73. The molecule has 43 heavy (non-hydrogen) atoms. The summed E-state index contributed by atoms with van der Waals surface area (Å²) >= 11 is 1.01. The van der Waals surface area contributed by atoms with Gasteiger partial charge >= 0.3 is 12.2 Å². The fraction of sp³-hybridized carbons (Fsp3) is 0.500. The van der Waals surface area contributed by atoms with Crippen molar-refractivity contribution in [3.63, 3.8) is 0 Å². The number of aromatic nitrogens is 3. The fourth-order valence-corrected chi connectivity index (χ4v) is 8.02. The molecule has 13 heteroatoms. The van der Waals surface area contributed by atoms with Crippen molar-refractivity contribution < 1.29 is 32.6 Å². The topological polar surface area (TPSA) is 133 Å². The summed E-state index contributed by atoms with van der Waals surface area (Å²) < 4.78 is 41.5. The highest BCUT2D eigenvalue weighted by atomic mass is 32.2. The van der Waals surface area contributed by atoms with E-state index in [1.807, 2.05) is 4.90 Å². The van der Waals surface area contributed by atoms with Gasteiger partial charge in [-0.15, -0.1) is 11.3 Å². The summed E-state index contributed by atoms with van der Waals surface area (Å²) in [6.07, 6.45) is 1.55. The van der Waals surface area contributed by atoms with E-state index >= 15 is 0 Å². The van der Waals surface area contributed by atoms with Crippen molar-refractivity contribution in [3.05, 3.63) is 35.9 Å². The lowest BCUT2D eigenvalue weighted by Crippen LogP contribution is -2.34. The minimum Gasteiger partial charge on any atom is -0.443 e. The van der Waals surface area contributed by atoms with Crippen molar-refractivity contribution in [2.24, 2.45) is 0 Å². The van der Waals surface area contributed by atoms with Crippen LogP contribution >= 0.6 is 11.3 Å². The second-order valence-electron chi connectivity index (χ2n) is 12.8. The molecule has 1 fully saturated rings. The summed E-state index contributed by atoms with van der Waals surface area (Å²) in [5.41, 5.74) is 0.332. The number of nitrogens with zero attached hydrogens (tertiary/aromatic N) is 4. The molecule has 5 rings (SSSR count). The predicted octanol–water partition coefficient (Wildman–Crippen LogP) is 6.00. The Bertz CT molecular complexity index is 1800. The Labute approximate surface area is 254 Å². The quantitative estimate of drug-likeness (QED) is 0.282. The van der Waals surface area contributed by atoms with E-state index in [1.54, 1.807) is 65.8 Å². The van der Waals surface area contributed by atoms with E-state index in [0.29, 0.717) is 39.9 Å². The molecule has 0 atom stereocenters. The number of fused-ring (bicyclic) bond motifs is 2. The maximum absolute atomic E-state index is 13.6. The Hall–Kier alpha value is -3.26. The summed E-state index contributed by atoms with van der Waals surface area (Å²) in [5, 5.41) is 15.0.